The van der Waals surface area contributed by atoms with Gasteiger partial charge in [-0.1, -0.05) is 48.0 Å². The van der Waals surface area contributed by atoms with Crippen LogP contribution >= 0.6 is 11.6 Å². The molecule has 0 aliphatic carbocycles. The summed E-state index contributed by atoms with van der Waals surface area (Å²) in [5.74, 6) is -0.670. The van der Waals surface area contributed by atoms with Gasteiger partial charge in [0.25, 0.3) is 5.91 Å². The average Bonchev–Trinajstić information content (AvgIpc) is 3.18. The van der Waals surface area contributed by atoms with Crippen molar-refractivity contribution in [2.75, 3.05) is 11.9 Å². The van der Waals surface area contributed by atoms with Crippen molar-refractivity contribution in [1.82, 2.24) is 10.3 Å². The molecule has 0 aliphatic rings. The number of H-pyrrole nitrogens is 1. The zero-order chi connectivity index (χ0) is 21.6. The van der Waals surface area contributed by atoms with Crippen LogP contribution in [-0.4, -0.2) is 23.4 Å². The lowest BCUT2D eigenvalue weighted by Gasteiger charge is -2.12. The van der Waals surface area contributed by atoms with Gasteiger partial charge in [0.2, 0.25) is 5.96 Å². The number of rotatable bonds is 5. The van der Waals surface area contributed by atoms with Crippen molar-refractivity contribution in [3.05, 3.63) is 101 Å². The third kappa shape index (κ3) is 5.10. The Morgan fingerprint density at radius 1 is 1.03 bits per heavy atom. The zero-order valence-corrected chi connectivity index (χ0v) is 17.3. The molecule has 1 amide bonds. The minimum atomic E-state index is -0.441. The van der Waals surface area contributed by atoms with Crippen molar-refractivity contribution in [1.29, 1.82) is 0 Å². The molecule has 0 saturated heterocycles. The fourth-order valence-electron chi connectivity index (χ4n) is 3.24. The summed E-state index contributed by atoms with van der Waals surface area (Å²) in [6.45, 7) is 0.397. The van der Waals surface area contributed by atoms with Gasteiger partial charge < -0.3 is 10.3 Å². The molecule has 4 aromatic rings. The van der Waals surface area contributed by atoms with Crippen LogP contribution < -0.4 is 10.6 Å². The number of halogens is 2. The highest BCUT2D eigenvalue weighted by Crippen LogP contribution is 2.18. The van der Waals surface area contributed by atoms with E-state index >= 15 is 0 Å². The first kappa shape index (κ1) is 20.6. The summed E-state index contributed by atoms with van der Waals surface area (Å²) in [5, 5.41) is 7.18. The number of carbonyl (C=O) groups excluding carboxylic acids is 1. The quantitative estimate of drug-likeness (QED) is 0.291. The Balaban J connectivity index is 1.53. The molecule has 0 fully saturated rings. The summed E-state index contributed by atoms with van der Waals surface area (Å²) in [5.41, 5.74) is 2.78. The Kier molecular flexibility index (Phi) is 6.29. The summed E-state index contributed by atoms with van der Waals surface area (Å²) < 4.78 is 14.1. The summed E-state index contributed by atoms with van der Waals surface area (Å²) in [4.78, 5) is 20.4. The third-order valence-electron chi connectivity index (χ3n) is 4.77. The number of amides is 1. The van der Waals surface area contributed by atoms with Gasteiger partial charge in [-0.3, -0.25) is 15.1 Å². The van der Waals surface area contributed by atoms with Gasteiger partial charge in [-0.05, 0) is 48.4 Å². The van der Waals surface area contributed by atoms with Crippen molar-refractivity contribution in [2.24, 2.45) is 4.99 Å². The van der Waals surface area contributed by atoms with Gasteiger partial charge in [0, 0.05) is 34.2 Å². The van der Waals surface area contributed by atoms with Crippen molar-refractivity contribution < 1.29 is 9.18 Å². The molecule has 1 aromatic heterocycles. The summed E-state index contributed by atoms with van der Waals surface area (Å²) >= 11 is 5.99. The molecule has 0 aliphatic heterocycles. The normalized spacial score (nSPS) is 11.5. The van der Waals surface area contributed by atoms with Gasteiger partial charge in [-0.25, -0.2) is 4.39 Å². The second-order valence-corrected chi connectivity index (χ2v) is 7.35. The van der Waals surface area contributed by atoms with E-state index in [0.29, 0.717) is 23.6 Å². The van der Waals surface area contributed by atoms with Gasteiger partial charge in [0.15, 0.2) is 0 Å². The predicted molar refractivity (Wildman–Crippen MR) is 123 cm³/mol. The molecule has 31 heavy (non-hydrogen) atoms. The first-order chi connectivity index (χ1) is 15.1. The highest BCUT2D eigenvalue weighted by Gasteiger charge is 2.12. The standard InChI is InChI=1S/C24H20ClFN4O/c25-18-7-5-6-16(14-18)23(31)30-24(29-22-11-4-2-9-20(22)26)27-13-12-17-15-28-21-10-3-1-8-19(17)21/h1-11,14-15,28H,12-13H2,(H2,27,29,30,31). The number of para-hydroxylation sites is 2. The molecule has 4 rings (SSSR count). The molecule has 0 saturated carbocycles. The van der Waals surface area contributed by atoms with E-state index in [2.05, 4.69) is 20.6 Å². The number of hydrogen-bond acceptors (Lipinski definition) is 2. The van der Waals surface area contributed by atoms with Crippen molar-refractivity contribution in [2.45, 2.75) is 6.42 Å². The number of fused-ring (bicyclic) bond motifs is 1. The number of nitrogens with zero attached hydrogens (tertiary/aromatic N) is 1. The van der Waals surface area contributed by atoms with Crippen LogP contribution in [0, 0.1) is 5.82 Å². The fraction of sp³-hybridized carbons (Fsp3) is 0.0833. The topological polar surface area (TPSA) is 69.3 Å². The van der Waals surface area contributed by atoms with E-state index < -0.39 is 11.7 Å². The largest absolute Gasteiger partial charge is 0.361 e. The maximum atomic E-state index is 14.1. The van der Waals surface area contributed by atoms with Crippen molar-refractivity contribution in [3.8, 4) is 0 Å². The molecule has 7 heteroatoms. The van der Waals surface area contributed by atoms with Crippen LogP contribution in [0.25, 0.3) is 10.9 Å². The average molecular weight is 435 g/mol. The Hall–Kier alpha value is -3.64. The number of aromatic nitrogens is 1. The van der Waals surface area contributed by atoms with Gasteiger partial charge in [0.05, 0.1) is 5.69 Å². The zero-order valence-electron chi connectivity index (χ0n) is 16.5. The number of nitrogens with one attached hydrogen (secondary N) is 3. The first-order valence-electron chi connectivity index (χ1n) is 9.78. The van der Waals surface area contributed by atoms with Crippen LogP contribution in [0.5, 0.6) is 0 Å². The molecule has 0 bridgehead atoms. The number of aliphatic imine (C=N–C) groups is 1. The van der Waals surface area contributed by atoms with Gasteiger partial charge in [0.1, 0.15) is 5.82 Å². The predicted octanol–water partition coefficient (Wildman–Crippen LogP) is 5.40. The molecule has 0 unspecified atom stereocenters. The molecule has 1 heterocycles. The minimum Gasteiger partial charge on any atom is -0.361 e. The number of anilines is 1. The molecule has 156 valence electrons. The number of hydrogen-bond donors (Lipinski definition) is 3. The van der Waals surface area contributed by atoms with Crippen molar-refractivity contribution in [3.63, 3.8) is 0 Å². The molecular weight excluding hydrogens is 415 g/mol. The van der Waals surface area contributed by atoms with E-state index in [1.165, 1.54) is 6.07 Å². The Bertz CT molecular complexity index is 1250. The lowest BCUT2D eigenvalue weighted by Crippen LogP contribution is -2.36. The first-order valence-corrected chi connectivity index (χ1v) is 10.2. The van der Waals surface area contributed by atoms with Crippen LogP contribution in [0.2, 0.25) is 5.02 Å². The van der Waals surface area contributed by atoms with Gasteiger partial charge >= 0.3 is 0 Å². The molecule has 3 aromatic carbocycles. The van der Waals surface area contributed by atoms with Crippen LogP contribution in [0.15, 0.2) is 84.0 Å². The fourth-order valence-corrected chi connectivity index (χ4v) is 3.43. The van der Waals surface area contributed by atoms with Gasteiger partial charge in [-0.2, -0.15) is 0 Å². The second-order valence-electron chi connectivity index (χ2n) is 6.91. The molecule has 0 radical (unpaired) electrons. The van der Waals surface area contributed by atoms with E-state index in [9.17, 15) is 9.18 Å². The monoisotopic (exact) mass is 434 g/mol. The Morgan fingerprint density at radius 2 is 1.84 bits per heavy atom. The van der Waals surface area contributed by atoms with Crippen molar-refractivity contribution >= 4 is 40.1 Å². The molecular formula is C24H20ClFN4O. The van der Waals surface area contributed by atoms with Crippen LogP contribution in [0.4, 0.5) is 10.1 Å². The Labute approximate surface area is 184 Å². The molecule has 5 nitrogen and oxygen atoms in total. The highest BCUT2D eigenvalue weighted by atomic mass is 35.5. The van der Waals surface area contributed by atoms with Gasteiger partial charge in [-0.15, -0.1) is 0 Å². The second kappa shape index (κ2) is 9.45. The number of carbonyl (C=O) groups is 1. The summed E-state index contributed by atoms with van der Waals surface area (Å²) in [6.07, 6.45) is 2.61. The van der Waals surface area contributed by atoms with Crippen LogP contribution in [0.3, 0.4) is 0 Å². The smallest absolute Gasteiger partial charge is 0.258 e. The van der Waals surface area contributed by atoms with Crippen LogP contribution in [0.1, 0.15) is 15.9 Å². The summed E-state index contributed by atoms with van der Waals surface area (Å²) in [6, 6.07) is 20.8. The Morgan fingerprint density at radius 3 is 2.68 bits per heavy atom. The maximum Gasteiger partial charge on any atom is 0.258 e. The lowest BCUT2D eigenvalue weighted by atomic mass is 10.1. The SMILES string of the molecule is O=C(NC(=NCCc1c[nH]c2ccccc12)Nc1ccccc1F)c1cccc(Cl)c1. The molecule has 3 N–H and O–H groups in total. The molecule has 0 atom stereocenters. The number of guanidine groups is 1. The minimum absolute atomic E-state index is 0.162. The van der Waals surface area contributed by atoms with E-state index in [-0.39, 0.29) is 11.6 Å². The summed E-state index contributed by atoms with van der Waals surface area (Å²) in [7, 11) is 0. The van der Waals surface area contributed by atoms with Crippen LogP contribution in [-0.2, 0) is 6.42 Å². The lowest BCUT2D eigenvalue weighted by molar-refractivity contribution is 0.0977. The molecule has 0 spiro atoms. The van der Waals surface area contributed by atoms with E-state index in [1.54, 1.807) is 42.5 Å². The third-order valence-corrected chi connectivity index (χ3v) is 5.01. The van der Waals surface area contributed by atoms with E-state index in [0.717, 1.165) is 16.5 Å². The van der Waals surface area contributed by atoms with E-state index in [4.69, 9.17) is 11.6 Å². The number of benzene rings is 3. The highest BCUT2D eigenvalue weighted by molar-refractivity contribution is 6.31. The number of aromatic amines is 1. The van der Waals surface area contributed by atoms with E-state index in [1.807, 2.05) is 30.5 Å². The maximum absolute atomic E-state index is 14.1.